The molecule has 3 aromatic rings. The highest BCUT2D eigenvalue weighted by Gasteiger charge is 2.28. The Morgan fingerprint density at radius 2 is 2.18 bits per heavy atom. The van der Waals surface area contributed by atoms with Gasteiger partial charge in [0.2, 0.25) is 0 Å². The lowest BCUT2D eigenvalue weighted by atomic mass is 9.97. The number of hydrogen-bond acceptors (Lipinski definition) is 6. The molecule has 0 aliphatic carbocycles. The molecule has 0 radical (unpaired) electrons. The highest BCUT2D eigenvalue weighted by Crippen LogP contribution is 2.32. The molecule has 1 aliphatic rings. The first-order chi connectivity index (χ1) is 13.7. The Labute approximate surface area is 170 Å². The minimum atomic E-state index is 0.335. The van der Waals surface area contributed by atoms with E-state index in [9.17, 15) is 0 Å². The molecule has 0 aromatic carbocycles. The summed E-state index contributed by atoms with van der Waals surface area (Å²) in [5, 5.41) is 10.2. The quantitative estimate of drug-likeness (QED) is 0.546. The van der Waals surface area contributed by atoms with Gasteiger partial charge in [-0.1, -0.05) is 17.8 Å². The topological polar surface area (TPSA) is 60.0 Å². The zero-order valence-corrected chi connectivity index (χ0v) is 17.3. The highest BCUT2D eigenvalue weighted by molar-refractivity contribution is 7.98. The number of furan rings is 1. The van der Waals surface area contributed by atoms with Gasteiger partial charge in [0, 0.05) is 36.7 Å². The number of thioether (sulfide) groups is 1. The van der Waals surface area contributed by atoms with Crippen LogP contribution in [0.4, 0.5) is 0 Å². The Kier molecular flexibility index (Phi) is 6.12. The highest BCUT2D eigenvalue weighted by atomic mass is 32.2. The molecule has 0 saturated carbocycles. The molecule has 3 aromatic heterocycles. The van der Waals surface area contributed by atoms with Crippen molar-refractivity contribution in [3.63, 3.8) is 0 Å². The largest absolute Gasteiger partial charge is 0.468 e. The molecular formula is C21H27N5OS. The molecule has 0 bridgehead atoms. The van der Waals surface area contributed by atoms with Gasteiger partial charge in [-0.2, -0.15) is 0 Å². The van der Waals surface area contributed by atoms with Crippen molar-refractivity contribution in [2.24, 2.45) is 0 Å². The Hall–Kier alpha value is -2.12. The second-order valence-corrected chi connectivity index (χ2v) is 8.55. The van der Waals surface area contributed by atoms with Crippen LogP contribution in [0, 0.1) is 0 Å². The maximum Gasteiger partial charge on any atom is 0.191 e. The molecule has 6 nitrogen and oxygen atoms in total. The number of piperidine rings is 1. The summed E-state index contributed by atoms with van der Waals surface area (Å²) in [5.41, 5.74) is 1.20. The predicted molar refractivity (Wildman–Crippen MR) is 110 cm³/mol. The van der Waals surface area contributed by atoms with E-state index in [2.05, 4.69) is 44.6 Å². The summed E-state index contributed by atoms with van der Waals surface area (Å²) >= 11 is 1.74. The molecular weight excluding hydrogens is 370 g/mol. The van der Waals surface area contributed by atoms with E-state index in [0.717, 1.165) is 48.5 Å². The Morgan fingerprint density at radius 3 is 2.93 bits per heavy atom. The molecule has 1 fully saturated rings. The van der Waals surface area contributed by atoms with Crippen LogP contribution in [0.1, 0.15) is 55.8 Å². The molecule has 0 amide bonds. The van der Waals surface area contributed by atoms with Crippen LogP contribution in [-0.2, 0) is 12.3 Å². The van der Waals surface area contributed by atoms with Crippen LogP contribution in [-0.4, -0.2) is 37.7 Å². The van der Waals surface area contributed by atoms with Gasteiger partial charge in [-0.25, -0.2) is 0 Å². The minimum absolute atomic E-state index is 0.335. The summed E-state index contributed by atoms with van der Waals surface area (Å²) < 4.78 is 7.86. The molecule has 1 atom stereocenters. The van der Waals surface area contributed by atoms with E-state index in [0.29, 0.717) is 12.0 Å². The van der Waals surface area contributed by atoms with Gasteiger partial charge in [-0.3, -0.25) is 9.88 Å². The molecule has 1 saturated heterocycles. The average molecular weight is 398 g/mol. The number of likely N-dealkylation sites (tertiary alicyclic amines) is 1. The smallest absolute Gasteiger partial charge is 0.191 e. The van der Waals surface area contributed by atoms with Crippen LogP contribution >= 0.6 is 11.8 Å². The fraction of sp³-hybridized carbons (Fsp3) is 0.476. The molecule has 1 aliphatic heterocycles. The molecule has 148 valence electrons. The van der Waals surface area contributed by atoms with Crippen molar-refractivity contribution in [3.05, 3.63) is 60.1 Å². The number of hydrogen-bond donors (Lipinski definition) is 0. The summed E-state index contributed by atoms with van der Waals surface area (Å²) in [6, 6.07) is 8.42. The lowest BCUT2D eigenvalue weighted by molar-refractivity contribution is 0.181. The van der Waals surface area contributed by atoms with E-state index >= 15 is 0 Å². The molecule has 4 rings (SSSR count). The lowest BCUT2D eigenvalue weighted by Crippen LogP contribution is -2.35. The second-order valence-electron chi connectivity index (χ2n) is 7.61. The van der Waals surface area contributed by atoms with Crippen LogP contribution in [0.25, 0.3) is 0 Å². The SMILES string of the molecule is CC(C)n1c(SCc2cccnc2)nnc1C1CCCN(Cc2ccco2)C1. The maximum atomic E-state index is 5.53. The Bertz CT molecular complexity index is 862. The van der Waals surface area contributed by atoms with E-state index in [1.807, 2.05) is 24.4 Å². The van der Waals surface area contributed by atoms with Crippen LogP contribution in [0.15, 0.2) is 52.5 Å². The van der Waals surface area contributed by atoms with Crippen LogP contribution in [0.3, 0.4) is 0 Å². The summed E-state index contributed by atoms with van der Waals surface area (Å²) in [7, 11) is 0. The van der Waals surface area contributed by atoms with Crippen molar-refractivity contribution in [1.82, 2.24) is 24.6 Å². The molecule has 4 heterocycles. The third-order valence-corrected chi connectivity index (χ3v) is 6.14. The third kappa shape index (κ3) is 4.47. The first-order valence-corrected chi connectivity index (χ1v) is 10.9. The molecule has 28 heavy (non-hydrogen) atoms. The molecule has 0 spiro atoms. The zero-order valence-electron chi connectivity index (χ0n) is 16.5. The number of nitrogens with zero attached hydrogens (tertiary/aromatic N) is 5. The van der Waals surface area contributed by atoms with E-state index < -0.39 is 0 Å². The maximum absolute atomic E-state index is 5.53. The van der Waals surface area contributed by atoms with E-state index in [1.54, 1.807) is 24.2 Å². The van der Waals surface area contributed by atoms with Crippen molar-refractivity contribution in [3.8, 4) is 0 Å². The fourth-order valence-corrected chi connectivity index (χ4v) is 4.82. The number of rotatable bonds is 7. The summed E-state index contributed by atoms with van der Waals surface area (Å²) in [4.78, 5) is 6.67. The fourth-order valence-electron chi connectivity index (χ4n) is 3.81. The zero-order chi connectivity index (χ0) is 19.3. The van der Waals surface area contributed by atoms with Crippen molar-refractivity contribution >= 4 is 11.8 Å². The van der Waals surface area contributed by atoms with Crippen molar-refractivity contribution in [2.45, 2.75) is 56.1 Å². The van der Waals surface area contributed by atoms with Crippen LogP contribution in [0.2, 0.25) is 0 Å². The van der Waals surface area contributed by atoms with E-state index in [4.69, 9.17) is 4.42 Å². The van der Waals surface area contributed by atoms with Crippen molar-refractivity contribution in [1.29, 1.82) is 0 Å². The Balaban J connectivity index is 1.48. The van der Waals surface area contributed by atoms with Gasteiger partial charge in [-0.05, 0) is 57.0 Å². The molecule has 7 heteroatoms. The lowest BCUT2D eigenvalue weighted by Gasteiger charge is -2.32. The van der Waals surface area contributed by atoms with E-state index in [1.165, 1.54) is 12.0 Å². The van der Waals surface area contributed by atoms with E-state index in [-0.39, 0.29) is 0 Å². The summed E-state index contributed by atoms with van der Waals surface area (Å²) in [5.74, 6) is 3.41. The standard InChI is InChI=1S/C21H27N5OS/c1-16(2)26-20(23-24-21(26)28-15-17-6-3-9-22-12-17)18-7-4-10-25(13-18)14-19-8-5-11-27-19/h3,5-6,8-9,11-12,16,18H,4,7,10,13-15H2,1-2H3. The third-order valence-electron chi connectivity index (χ3n) is 5.13. The van der Waals surface area contributed by atoms with Crippen molar-refractivity contribution in [2.75, 3.05) is 13.1 Å². The summed E-state index contributed by atoms with van der Waals surface area (Å²) in [6.45, 7) is 7.39. The molecule has 1 unspecified atom stereocenters. The van der Waals surface area contributed by atoms with Crippen LogP contribution < -0.4 is 0 Å². The second kappa shape index (κ2) is 8.92. The Morgan fingerprint density at radius 1 is 1.25 bits per heavy atom. The van der Waals surface area contributed by atoms with Gasteiger partial charge in [0.25, 0.3) is 0 Å². The van der Waals surface area contributed by atoms with Crippen LogP contribution in [0.5, 0.6) is 0 Å². The number of pyridine rings is 1. The van der Waals surface area contributed by atoms with Crippen molar-refractivity contribution < 1.29 is 4.42 Å². The van der Waals surface area contributed by atoms with Gasteiger partial charge in [0.1, 0.15) is 11.6 Å². The molecule has 0 N–H and O–H groups in total. The van der Waals surface area contributed by atoms with Gasteiger partial charge in [0.05, 0.1) is 12.8 Å². The summed E-state index contributed by atoms with van der Waals surface area (Å²) in [6.07, 6.45) is 7.80. The minimum Gasteiger partial charge on any atom is -0.468 e. The van der Waals surface area contributed by atoms with Gasteiger partial charge < -0.3 is 8.98 Å². The average Bonchev–Trinajstić information content (AvgIpc) is 3.37. The number of aromatic nitrogens is 4. The van der Waals surface area contributed by atoms with Gasteiger partial charge in [0.15, 0.2) is 5.16 Å². The van der Waals surface area contributed by atoms with Gasteiger partial charge >= 0.3 is 0 Å². The monoisotopic (exact) mass is 397 g/mol. The normalized spacial score (nSPS) is 18.0. The first-order valence-electron chi connectivity index (χ1n) is 9.92. The predicted octanol–water partition coefficient (Wildman–Crippen LogP) is 4.52. The first kappa shape index (κ1) is 19.2. The van der Waals surface area contributed by atoms with Gasteiger partial charge in [-0.15, -0.1) is 10.2 Å².